The van der Waals surface area contributed by atoms with Crippen molar-refractivity contribution in [1.29, 1.82) is 0 Å². The van der Waals surface area contributed by atoms with Crippen molar-refractivity contribution in [3.8, 4) is 5.75 Å². The summed E-state index contributed by atoms with van der Waals surface area (Å²) in [5.74, 6) is 0.184. The number of fused-ring (bicyclic) bond motifs is 1. The zero-order valence-corrected chi connectivity index (χ0v) is 18.7. The molecule has 1 fully saturated rings. The highest BCUT2D eigenvalue weighted by atomic mass is 16.5. The van der Waals surface area contributed by atoms with E-state index >= 15 is 0 Å². The molecule has 1 aromatic carbocycles. The van der Waals surface area contributed by atoms with Gasteiger partial charge in [-0.3, -0.25) is 14.5 Å². The maximum Gasteiger partial charge on any atom is 0.239 e. The first-order valence-electron chi connectivity index (χ1n) is 11.5. The van der Waals surface area contributed by atoms with E-state index in [2.05, 4.69) is 21.3 Å². The Hall–Kier alpha value is -3.06. The van der Waals surface area contributed by atoms with Gasteiger partial charge in [0, 0.05) is 41.9 Å². The van der Waals surface area contributed by atoms with Crippen molar-refractivity contribution in [2.24, 2.45) is 0 Å². The van der Waals surface area contributed by atoms with Crippen LogP contribution in [0.3, 0.4) is 0 Å². The third-order valence-electron chi connectivity index (χ3n) is 6.19. The smallest absolute Gasteiger partial charge is 0.239 e. The van der Waals surface area contributed by atoms with E-state index in [9.17, 15) is 9.59 Å². The number of ether oxygens (including phenoxy) is 1. The van der Waals surface area contributed by atoms with Crippen molar-refractivity contribution in [3.05, 3.63) is 64.2 Å². The van der Waals surface area contributed by atoms with Gasteiger partial charge >= 0.3 is 0 Å². The summed E-state index contributed by atoms with van der Waals surface area (Å²) in [6.07, 6.45) is 9.28. The molecule has 4 rings (SSSR count). The van der Waals surface area contributed by atoms with Gasteiger partial charge in [0.25, 0.3) is 0 Å². The lowest BCUT2D eigenvalue weighted by molar-refractivity contribution is -0.121. The maximum absolute atomic E-state index is 12.7. The van der Waals surface area contributed by atoms with Crippen LogP contribution in [0.4, 0.5) is 0 Å². The number of hydrogen-bond donors (Lipinski definition) is 2. The van der Waals surface area contributed by atoms with E-state index in [0.29, 0.717) is 13.1 Å². The van der Waals surface area contributed by atoms with Crippen LogP contribution in [0, 0.1) is 0 Å². The number of H-pyrrole nitrogens is 1. The Morgan fingerprint density at radius 1 is 1.16 bits per heavy atom. The summed E-state index contributed by atoms with van der Waals surface area (Å²) >= 11 is 0. The summed E-state index contributed by atoms with van der Waals surface area (Å²) in [6, 6.07) is 9.78. The zero-order valence-electron chi connectivity index (χ0n) is 18.7. The second kappa shape index (κ2) is 10.5. The summed E-state index contributed by atoms with van der Waals surface area (Å²) in [5.41, 5.74) is 3.00. The molecule has 1 saturated heterocycles. The number of amides is 1. The number of nitrogens with zero attached hydrogens (tertiary/aromatic N) is 2. The van der Waals surface area contributed by atoms with Gasteiger partial charge in [-0.05, 0) is 44.0 Å². The predicted molar refractivity (Wildman–Crippen MR) is 126 cm³/mol. The number of hydrogen-bond acceptors (Lipinski definition) is 4. The fraction of sp³-hybridized carbons (Fsp3) is 0.440. The van der Waals surface area contributed by atoms with Crippen LogP contribution in [-0.4, -0.2) is 47.1 Å². The molecule has 0 saturated carbocycles. The van der Waals surface area contributed by atoms with Crippen LogP contribution in [-0.2, 0) is 24.3 Å². The van der Waals surface area contributed by atoms with Gasteiger partial charge < -0.3 is 19.6 Å². The number of nitrogens with one attached hydrogen (secondary N) is 2. The molecule has 7 nitrogen and oxygen atoms in total. The zero-order chi connectivity index (χ0) is 22.3. The van der Waals surface area contributed by atoms with Crippen LogP contribution >= 0.6 is 0 Å². The summed E-state index contributed by atoms with van der Waals surface area (Å²) in [6.45, 7) is 3.43. The second-order valence-corrected chi connectivity index (χ2v) is 8.48. The van der Waals surface area contributed by atoms with Gasteiger partial charge in [0.05, 0.1) is 13.3 Å². The highest BCUT2D eigenvalue weighted by molar-refractivity contribution is 5.83. The van der Waals surface area contributed by atoms with Gasteiger partial charge in [0.1, 0.15) is 6.54 Å². The quantitative estimate of drug-likeness (QED) is 0.569. The van der Waals surface area contributed by atoms with Gasteiger partial charge in [0.15, 0.2) is 5.75 Å². The van der Waals surface area contributed by atoms with Crippen molar-refractivity contribution < 1.29 is 9.53 Å². The Balaban J connectivity index is 1.41. The van der Waals surface area contributed by atoms with Crippen molar-refractivity contribution in [2.75, 3.05) is 26.7 Å². The third kappa shape index (κ3) is 5.40. The van der Waals surface area contributed by atoms with Crippen LogP contribution in [0.5, 0.6) is 5.75 Å². The van der Waals surface area contributed by atoms with E-state index in [1.807, 2.05) is 29.0 Å². The predicted octanol–water partition coefficient (Wildman–Crippen LogP) is 3.07. The second-order valence-electron chi connectivity index (χ2n) is 8.48. The first-order valence-corrected chi connectivity index (χ1v) is 11.5. The molecule has 0 aliphatic carbocycles. The molecular formula is C25H32N4O3. The highest BCUT2D eigenvalue weighted by Crippen LogP contribution is 2.18. The first kappa shape index (κ1) is 22.1. The van der Waals surface area contributed by atoms with Crippen molar-refractivity contribution in [2.45, 2.75) is 45.2 Å². The summed E-state index contributed by atoms with van der Waals surface area (Å²) in [4.78, 5) is 30.7. The number of methoxy groups -OCH3 is 1. The Labute approximate surface area is 188 Å². The minimum atomic E-state index is -0.145. The van der Waals surface area contributed by atoms with Crippen LogP contribution in [0.2, 0.25) is 0 Å². The van der Waals surface area contributed by atoms with E-state index in [1.54, 1.807) is 12.3 Å². The number of carbonyl (C=O) groups is 1. The molecule has 1 aliphatic rings. The first-order chi connectivity index (χ1) is 15.6. The average molecular weight is 437 g/mol. The number of pyridine rings is 1. The molecule has 2 N–H and O–H groups in total. The SMILES string of the molecule is COc1cn(CC(=O)NCCc2c[nH]c3ccccc23)c(CN2CCCCCC2)cc1=O. The molecule has 1 amide bonds. The largest absolute Gasteiger partial charge is 0.491 e. The van der Waals surface area contributed by atoms with Gasteiger partial charge in [-0.15, -0.1) is 0 Å². The number of para-hydroxylation sites is 1. The molecule has 170 valence electrons. The molecule has 1 aliphatic heterocycles. The molecular weight excluding hydrogens is 404 g/mol. The number of likely N-dealkylation sites (tertiary alicyclic amines) is 1. The molecule has 0 radical (unpaired) electrons. The average Bonchev–Trinajstić information content (AvgIpc) is 3.02. The Morgan fingerprint density at radius 3 is 2.72 bits per heavy atom. The van der Waals surface area contributed by atoms with Crippen LogP contribution < -0.4 is 15.5 Å². The Kier molecular flexibility index (Phi) is 7.27. The van der Waals surface area contributed by atoms with Crippen LogP contribution in [0.1, 0.15) is 36.9 Å². The number of aromatic nitrogens is 2. The number of rotatable bonds is 8. The van der Waals surface area contributed by atoms with Gasteiger partial charge in [-0.2, -0.15) is 0 Å². The van der Waals surface area contributed by atoms with E-state index < -0.39 is 0 Å². The summed E-state index contributed by atoms with van der Waals surface area (Å²) < 4.78 is 7.07. The van der Waals surface area contributed by atoms with Crippen molar-refractivity contribution >= 4 is 16.8 Å². The van der Waals surface area contributed by atoms with E-state index in [1.165, 1.54) is 43.7 Å². The molecule has 32 heavy (non-hydrogen) atoms. The molecule has 3 heterocycles. The minimum absolute atomic E-state index is 0.0762. The topological polar surface area (TPSA) is 79.4 Å². The molecule has 7 heteroatoms. The lowest BCUT2D eigenvalue weighted by atomic mass is 10.1. The molecule has 2 aromatic heterocycles. The van der Waals surface area contributed by atoms with Crippen molar-refractivity contribution in [3.63, 3.8) is 0 Å². The molecule has 0 unspecified atom stereocenters. The summed E-state index contributed by atoms with van der Waals surface area (Å²) in [7, 11) is 1.48. The fourth-order valence-corrected chi connectivity index (χ4v) is 4.44. The third-order valence-corrected chi connectivity index (χ3v) is 6.19. The van der Waals surface area contributed by atoms with Crippen LogP contribution in [0.15, 0.2) is 47.5 Å². The Morgan fingerprint density at radius 2 is 1.94 bits per heavy atom. The van der Waals surface area contributed by atoms with Gasteiger partial charge in [-0.25, -0.2) is 0 Å². The standard InChI is InChI=1S/C25H32N4O3/c1-32-24-17-29(20(14-23(24)30)16-28-12-6-2-3-7-13-28)18-25(31)26-11-10-19-15-27-22-9-5-4-8-21(19)22/h4-5,8-9,14-15,17,27H,2-3,6-7,10-13,16,18H2,1H3,(H,26,31). The monoisotopic (exact) mass is 436 g/mol. The normalized spacial score (nSPS) is 14.9. The molecule has 3 aromatic rings. The summed E-state index contributed by atoms with van der Waals surface area (Å²) in [5, 5.41) is 4.21. The minimum Gasteiger partial charge on any atom is -0.491 e. The maximum atomic E-state index is 12.7. The Bertz CT molecular complexity index is 1110. The lowest BCUT2D eigenvalue weighted by Crippen LogP contribution is -2.32. The lowest BCUT2D eigenvalue weighted by Gasteiger charge is -2.23. The number of carbonyl (C=O) groups excluding carboxylic acids is 1. The van der Waals surface area contributed by atoms with E-state index in [0.717, 1.165) is 30.7 Å². The number of aromatic amines is 1. The molecule has 0 atom stereocenters. The van der Waals surface area contributed by atoms with E-state index in [4.69, 9.17) is 4.74 Å². The molecule has 0 spiro atoms. The fourth-order valence-electron chi connectivity index (χ4n) is 4.44. The molecule has 0 bridgehead atoms. The van der Waals surface area contributed by atoms with Gasteiger partial charge in [0.2, 0.25) is 11.3 Å². The van der Waals surface area contributed by atoms with Crippen molar-refractivity contribution in [1.82, 2.24) is 19.8 Å². The van der Waals surface area contributed by atoms with Gasteiger partial charge in [-0.1, -0.05) is 31.0 Å². The number of benzene rings is 1. The highest BCUT2D eigenvalue weighted by Gasteiger charge is 2.15. The van der Waals surface area contributed by atoms with Crippen LogP contribution in [0.25, 0.3) is 10.9 Å². The van der Waals surface area contributed by atoms with E-state index in [-0.39, 0.29) is 23.6 Å².